The smallest absolute Gasteiger partial charge is 0.336 e. The third-order valence-corrected chi connectivity index (χ3v) is 3.17. The highest BCUT2D eigenvalue weighted by atomic mass is 16.4. The van der Waals surface area contributed by atoms with Crippen molar-refractivity contribution in [2.24, 2.45) is 7.05 Å². The number of carboxylic acid groups (broad SMARTS) is 1. The second kappa shape index (κ2) is 3.29. The van der Waals surface area contributed by atoms with Crippen LogP contribution in [0.3, 0.4) is 0 Å². The molecule has 0 saturated heterocycles. The zero-order valence-electron chi connectivity index (χ0n) is 9.77. The van der Waals surface area contributed by atoms with E-state index in [1.807, 2.05) is 7.05 Å². The fourth-order valence-corrected chi connectivity index (χ4v) is 2.33. The van der Waals surface area contributed by atoms with Gasteiger partial charge in [-0.3, -0.25) is 4.68 Å². The lowest BCUT2D eigenvalue weighted by molar-refractivity contribution is 0.0699. The Balaban J connectivity index is 2.40. The van der Waals surface area contributed by atoms with Crippen molar-refractivity contribution < 1.29 is 9.90 Å². The Morgan fingerprint density at radius 1 is 1.53 bits per heavy atom. The first-order chi connectivity index (χ1) is 8.08. The molecule has 0 unspecified atom stereocenters. The number of rotatable bonds is 2. The topological polar surface area (TPSA) is 68.0 Å². The fraction of sp³-hybridized carbons (Fsp3) is 0.417. The molecule has 0 aromatic carbocycles. The number of aromatic nitrogens is 3. The van der Waals surface area contributed by atoms with Crippen LogP contribution >= 0.6 is 0 Å². The van der Waals surface area contributed by atoms with E-state index in [2.05, 4.69) is 10.1 Å². The van der Waals surface area contributed by atoms with Crippen LogP contribution in [-0.4, -0.2) is 25.8 Å². The van der Waals surface area contributed by atoms with E-state index in [9.17, 15) is 9.90 Å². The molecular formula is C12H13N3O2. The lowest BCUT2D eigenvalue weighted by Crippen LogP contribution is -2.01. The van der Waals surface area contributed by atoms with Crippen molar-refractivity contribution in [2.45, 2.75) is 25.7 Å². The minimum Gasteiger partial charge on any atom is -0.478 e. The van der Waals surface area contributed by atoms with E-state index in [-0.39, 0.29) is 0 Å². The van der Waals surface area contributed by atoms with Crippen molar-refractivity contribution >= 4 is 17.0 Å². The molecule has 5 nitrogen and oxygen atoms in total. The van der Waals surface area contributed by atoms with Gasteiger partial charge in [-0.25, -0.2) is 9.78 Å². The van der Waals surface area contributed by atoms with Gasteiger partial charge in [-0.2, -0.15) is 5.10 Å². The predicted octanol–water partition coefficient (Wildman–Crippen LogP) is 1.85. The molecule has 0 spiro atoms. The van der Waals surface area contributed by atoms with Crippen molar-refractivity contribution in [3.8, 4) is 0 Å². The number of aromatic carboxylic acids is 1. The SMILES string of the molecule is Cc1cc(C(=O)O)c2c(C3CC3)n(C)nc2n1. The summed E-state index contributed by atoms with van der Waals surface area (Å²) < 4.78 is 1.78. The summed E-state index contributed by atoms with van der Waals surface area (Å²) >= 11 is 0. The Hall–Kier alpha value is -1.91. The van der Waals surface area contributed by atoms with E-state index in [0.717, 1.165) is 18.5 Å². The average molecular weight is 231 g/mol. The monoisotopic (exact) mass is 231 g/mol. The van der Waals surface area contributed by atoms with Gasteiger partial charge >= 0.3 is 5.97 Å². The van der Waals surface area contributed by atoms with Gasteiger partial charge in [0.05, 0.1) is 16.6 Å². The third kappa shape index (κ3) is 1.50. The highest BCUT2D eigenvalue weighted by molar-refractivity contribution is 6.03. The van der Waals surface area contributed by atoms with Crippen molar-refractivity contribution in [3.05, 3.63) is 23.0 Å². The first-order valence-electron chi connectivity index (χ1n) is 5.65. The van der Waals surface area contributed by atoms with E-state index in [1.165, 1.54) is 0 Å². The Morgan fingerprint density at radius 3 is 2.82 bits per heavy atom. The first kappa shape index (κ1) is 10.3. The number of carbonyl (C=O) groups is 1. The maximum absolute atomic E-state index is 11.3. The number of nitrogens with zero attached hydrogens (tertiary/aromatic N) is 3. The summed E-state index contributed by atoms with van der Waals surface area (Å²) in [6, 6.07) is 1.62. The third-order valence-electron chi connectivity index (χ3n) is 3.17. The lowest BCUT2D eigenvalue weighted by Gasteiger charge is -2.02. The molecule has 1 saturated carbocycles. The Morgan fingerprint density at radius 2 is 2.24 bits per heavy atom. The van der Waals surface area contributed by atoms with Gasteiger partial charge in [0, 0.05) is 18.7 Å². The summed E-state index contributed by atoms with van der Waals surface area (Å²) in [7, 11) is 1.86. The molecule has 88 valence electrons. The van der Waals surface area contributed by atoms with Crippen molar-refractivity contribution in [2.75, 3.05) is 0 Å². The number of pyridine rings is 1. The average Bonchev–Trinajstić information content (AvgIpc) is 3.00. The van der Waals surface area contributed by atoms with Crippen LogP contribution in [0.4, 0.5) is 0 Å². The molecule has 2 aromatic heterocycles. The fourth-order valence-electron chi connectivity index (χ4n) is 2.33. The van der Waals surface area contributed by atoms with Crippen LogP contribution in [0.15, 0.2) is 6.07 Å². The van der Waals surface area contributed by atoms with Gasteiger partial charge in [0.15, 0.2) is 5.65 Å². The second-order valence-electron chi connectivity index (χ2n) is 4.60. The molecule has 1 fully saturated rings. The summed E-state index contributed by atoms with van der Waals surface area (Å²) in [5.74, 6) is -0.456. The van der Waals surface area contributed by atoms with E-state index < -0.39 is 5.97 Å². The van der Waals surface area contributed by atoms with E-state index in [4.69, 9.17) is 0 Å². The molecule has 17 heavy (non-hydrogen) atoms. The van der Waals surface area contributed by atoms with Gasteiger partial charge in [0.2, 0.25) is 0 Å². The summed E-state index contributed by atoms with van der Waals surface area (Å²) in [5, 5.41) is 14.3. The molecule has 1 N–H and O–H groups in total. The number of hydrogen-bond donors (Lipinski definition) is 1. The standard InChI is InChI=1S/C12H13N3O2/c1-6-5-8(12(16)17)9-10(7-3-4-7)15(2)14-11(9)13-6/h5,7H,3-4H2,1-2H3,(H,16,17). The van der Waals surface area contributed by atoms with Crippen LogP contribution in [0.25, 0.3) is 11.0 Å². The molecule has 0 atom stereocenters. The minimum atomic E-state index is -0.907. The van der Waals surface area contributed by atoms with E-state index in [0.29, 0.717) is 28.2 Å². The molecule has 2 heterocycles. The molecule has 5 heteroatoms. The van der Waals surface area contributed by atoms with Gasteiger partial charge < -0.3 is 5.11 Å². The van der Waals surface area contributed by atoms with E-state index in [1.54, 1.807) is 17.7 Å². The second-order valence-corrected chi connectivity index (χ2v) is 4.60. The maximum Gasteiger partial charge on any atom is 0.336 e. The molecule has 1 aliphatic carbocycles. The molecule has 0 bridgehead atoms. The molecule has 1 aliphatic rings. The maximum atomic E-state index is 11.3. The lowest BCUT2D eigenvalue weighted by atomic mass is 10.1. The van der Waals surface area contributed by atoms with Crippen LogP contribution < -0.4 is 0 Å². The largest absolute Gasteiger partial charge is 0.478 e. The Labute approximate surface area is 98.1 Å². The number of aryl methyl sites for hydroxylation is 2. The Bertz CT molecular complexity index is 626. The Kier molecular flexibility index (Phi) is 1.98. The quantitative estimate of drug-likeness (QED) is 0.856. The molecule has 2 aromatic rings. The van der Waals surface area contributed by atoms with Gasteiger partial charge in [-0.05, 0) is 25.8 Å². The van der Waals surface area contributed by atoms with E-state index >= 15 is 0 Å². The van der Waals surface area contributed by atoms with Crippen molar-refractivity contribution in [1.82, 2.24) is 14.8 Å². The number of carboxylic acids is 1. The predicted molar refractivity (Wildman–Crippen MR) is 62.2 cm³/mol. The van der Waals surface area contributed by atoms with Gasteiger partial charge in [-0.15, -0.1) is 0 Å². The zero-order chi connectivity index (χ0) is 12.2. The molecular weight excluding hydrogens is 218 g/mol. The summed E-state index contributed by atoms with van der Waals surface area (Å²) in [4.78, 5) is 15.6. The van der Waals surface area contributed by atoms with Crippen LogP contribution in [0.2, 0.25) is 0 Å². The van der Waals surface area contributed by atoms with Crippen LogP contribution in [0, 0.1) is 6.92 Å². The van der Waals surface area contributed by atoms with Gasteiger partial charge in [-0.1, -0.05) is 0 Å². The summed E-state index contributed by atoms with van der Waals surface area (Å²) in [6.45, 7) is 1.79. The molecule has 0 amide bonds. The van der Waals surface area contributed by atoms with Crippen LogP contribution in [0.1, 0.15) is 40.5 Å². The molecule has 0 radical (unpaired) electrons. The van der Waals surface area contributed by atoms with Crippen molar-refractivity contribution in [3.63, 3.8) is 0 Å². The van der Waals surface area contributed by atoms with Gasteiger partial charge in [0.1, 0.15) is 0 Å². The van der Waals surface area contributed by atoms with Crippen LogP contribution in [0.5, 0.6) is 0 Å². The minimum absolute atomic E-state index is 0.322. The number of fused-ring (bicyclic) bond motifs is 1. The number of hydrogen-bond acceptors (Lipinski definition) is 3. The van der Waals surface area contributed by atoms with Crippen molar-refractivity contribution in [1.29, 1.82) is 0 Å². The zero-order valence-corrected chi connectivity index (χ0v) is 9.77. The first-order valence-corrected chi connectivity index (χ1v) is 5.65. The summed E-state index contributed by atoms with van der Waals surface area (Å²) in [6.07, 6.45) is 2.23. The molecule has 3 rings (SSSR count). The van der Waals surface area contributed by atoms with Crippen LogP contribution in [-0.2, 0) is 7.05 Å². The highest BCUT2D eigenvalue weighted by Gasteiger charge is 2.31. The normalized spacial score (nSPS) is 15.4. The molecule has 0 aliphatic heterocycles. The summed E-state index contributed by atoms with van der Waals surface area (Å²) in [5.41, 5.74) is 2.58. The highest BCUT2D eigenvalue weighted by Crippen LogP contribution is 2.43. The van der Waals surface area contributed by atoms with Gasteiger partial charge in [0.25, 0.3) is 0 Å².